The number of carbonyl (C=O) groups excluding carboxylic acids is 1. The van der Waals surface area contributed by atoms with Crippen LogP contribution in [0, 0.1) is 0 Å². The molecule has 0 aromatic carbocycles. The number of carbonyl (C=O) groups is 1. The highest BCUT2D eigenvalue weighted by Gasteiger charge is 2.14. The van der Waals surface area contributed by atoms with Gasteiger partial charge in [0.25, 0.3) is 5.91 Å². The predicted octanol–water partition coefficient (Wildman–Crippen LogP) is 2.49. The molecule has 0 aliphatic rings. The molecule has 7 nitrogen and oxygen atoms in total. The fraction of sp³-hybridized carbons (Fsp3) is 0. The zero-order valence-corrected chi connectivity index (χ0v) is 13.6. The van der Waals surface area contributed by atoms with Crippen molar-refractivity contribution in [1.29, 1.82) is 0 Å². The van der Waals surface area contributed by atoms with Crippen LogP contribution in [0.25, 0.3) is 28.2 Å². The SMILES string of the molecule is NC(=O)c1ccc(-c2cnn(-c3ccccn3)c2)c(-c2ccncc2)n1. The molecular weight excluding hydrogens is 328 g/mol. The molecule has 1 amide bonds. The van der Waals surface area contributed by atoms with Gasteiger partial charge in [-0.3, -0.25) is 9.78 Å². The molecule has 0 unspecified atom stereocenters. The Morgan fingerprint density at radius 1 is 0.962 bits per heavy atom. The molecule has 0 fully saturated rings. The summed E-state index contributed by atoms with van der Waals surface area (Å²) in [6.45, 7) is 0. The summed E-state index contributed by atoms with van der Waals surface area (Å²) in [5.74, 6) is 0.141. The Morgan fingerprint density at radius 3 is 2.54 bits per heavy atom. The number of hydrogen-bond donors (Lipinski definition) is 1. The summed E-state index contributed by atoms with van der Waals surface area (Å²) in [4.78, 5) is 24.3. The van der Waals surface area contributed by atoms with Gasteiger partial charge in [0, 0.05) is 41.5 Å². The third kappa shape index (κ3) is 2.93. The van der Waals surface area contributed by atoms with E-state index in [1.165, 1.54) is 0 Å². The maximum atomic E-state index is 11.5. The van der Waals surface area contributed by atoms with E-state index in [0.29, 0.717) is 11.5 Å². The van der Waals surface area contributed by atoms with E-state index in [9.17, 15) is 4.79 Å². The molecule has 0 aliphatic carbocycles. The fourth-order valence-corrected chi connectivity index (χ4v) is 2.64. The summed E-state index contributed by atoms with van der Waals surface area (Å²) in [6.07, 6.45) is 8.67. The first kappa shape index (κ1) is 15.6. The normalized spacial score (nSPS) is 10.6. The smallest absolute Gasteiger partial charge is 0.267 e. The number of nitrogens with zero attached hydrogens (tertiary/aromatic N) is 5. The summed E-state index contributed by atoms with van der Waals surface area (Å²) >= 11 is 0. The first-order valence-corrected chi connectivity index (χ1v) is 7.90. The summed E-state index contributed by atoms with van der Waals surface area (Å²) < 4.78 is 1.69. The van der Waals surface area contributed by atoms with Gasteiger partial charge >= 0.3 is 0 Å². The Hall–Kier alpha value is -3.87. The molecule has 2 N–H and O–H groups in total. The van der Waals surface area contributed by atoms with Crippen molar-refractivity contribution >= 4 is 5.91 Å². The highest BCUT2D eigenvalue weighted by atomic mass is 16.1. The maximum Gasteiger partial charge on any atom is 0.267 e. The number of nitrogens with two attached hydrogens (primary N) is 1. The average molecular weight is 342 g/mol. The first-order valence-electron chi connectivity index (χ1n) is 7.90. The minimum absolute atomic E-state index is 0.206. The molecule has 0 atom stereocenters. The predicted molar refractivity (Wildman–Crippen MR) is 96.3 cm³/mol. The zero-order valence-electron chi connectivity index (χ0n) is 13.6. The van der Waals surface area contributed by atoms with Crippen LogP contribution < -0.4 is 5.73 Å². The summed E-state index contributed by atoms with van der Waals surface area (Å²) in [7, 11) is 0. The van der Waals surface area contributed by atoms with Gasteiger partial charge in [-0.1, -0.05) is 6.07 Å². The Kier molecular flexibility index (Phi) is 3.95. The number of hydrogen-bond acceptors (Lipinski definition) is 5. The van der Waals surface area contributed by atoms with Gasteiger partial charge in [0.2, 0.25) is 0 Å². The number of rotatable bonds is 4. The van der Waals surface area contributed by atoms with Gasteiger partial charge in [-0.15, -0.1) is 0 Å². The van der Waals surface area contributed by atoms with E-state index >= 15 is 0 Å². The van der Waals surface area contributed by atoms with E-state index in [2.05, 4.69) is 20.1 Å². The van der Waals surface area contributed by atoms with Crippen molar-refractivity contribution in [2.45, 2.75) is 0 Å². The molecule has 0 bridgehead atoms. The molecule has 126 valence electrons. The number of aromatic nitrogens is 5. The lowest BCUT2D eigenvalue weighted by Crippen LogP contribution is -2.13. The maximum absolute atomic E-state index is 11.5. The number of amides is 1. The second-order valence-corrected chi connectivity index (χ2v) is 5.55. The standard InChI is InChI=1S/C19H14N6O/c20-19(26)16-5-4-15(18(24-16)13-6-9-21-10-7-13)14-11-23-25(12-14)17-3-1-2-8-22-17/h1-12H,(H2,20,26). The minimum Gasteiger partial charge on any atom is -0.364 e. The van der Waals surface area contributed by atoms with E-state index in [0.717, 1.165) is 16.7 Å². The van der Waals surface area contributed by atoms with Crippen LogP contribution >= 0.6 is 0 Å². The molecule has 7 heteroatoms. The van der Waals surface area contributed by atoms with Gasteiger partial charge < -0.3 is 5.73 Å². The Bertz CT molecular complexity index is 1060. The largest absolute Gasteiger partial charge is 0.364 e. The van der Waals surface area contributed by atoms with Gasteiger partial charge in [-0.05, 0) is 36.4 Å². The topological polar surface area (TPSA) is 99.6 Å². The average Bonchev–Trinajstić information content (AvgIpc) is 3.19. The summed E-state index contributed by atoms with van der Waals surface area (Å²) in [5.41, 5.74) is 8.77. The number of pyridine rings is 3. The lowest BCUT2D eigenvalue weighted by molar-refractivity contribution is 0.0995. The Balaban J connectivity index is 1.84. The van der Waals surface area contributed by atoms with Crippen LogP contribution in [0.4, 0.5) is 0 Å². The molecule has 4 aromatic heterocycles. The van der Waals surface area contributed by atoms with E-state index in [1.54, 1.807) is 35.5 Å². The zero-order chi connectivity index (χ0) is 17.9. The molecule has 0 saturated carbocycles. The third-order valence-electron chi connectivity index (χ3n) is 3.88. The van der Waals surface area contributed by atoms with Gasteiger partial charge in [0.15, 0.2) is 5.82 Å². The fourth-order valence-electron chi connectivity index (χ4n) is 2.64. The highest BCUT2D eigenvalue weighted by molar-refractivity contribution is 5.93. The van der Waals surface area contributed by atoms with Gasteiger partial charge in [0.1, 0.15) is 5.69 Å². The Labute approximate surface area is 149 Å². The van der Waals surface area contributed by atoms with Crippen LogP contribution in [0.3, 0.4) is 0 Å². The van der Waals surface area contributed by atoms with E-state index < -0.39 is 5.91 Å². The monoisotopic (exact) mass is 342 g/mol. The molecule has 26 heavy (non-hydrogen) atoms. The molecule has 0 radical (unpaired) electrons. The van der Waals surface area contributed by atoms with Crippen molar-refractivity contribution in [3.63, 3.8) is 0 Å². The van der Waals surface area contributed by atoms with Crippen LogP contribution in [-0.4, -0.2) is 30.6 Å². The summed E-state index contributed by atoms with van der Waals surface area (Å²) in [6, 6.07) is 12.7. The van der Waals surface area contributed by atoms with Crippen LogP contribution in [0.5, 0.6) is 0 Å². The van der Waals surface area contributed by atoms with Crippen molar-refractivity contribution in [2.24, 2.45) is 5.73 Å². The second-order valence-electron chi connectivity index (χ2n) is 5.55. The van der Waals surface area contributed by atoms with Gasteiger partial charge in [0.05, 0.1) is 11.9 Å². The van der Waals surface area contributed by atoms with Gasteiger partial charge in [-0.25, -0.2) is 14.6 Å². The number of primary amides is 1. The molecule has 0 saturated heterocycles. The lowest BCUT2D eigenvalue weighted by Gasteiger charge is -2.08. The van der Waals surface area contributed by atoms with Crippen molar-refractivity contribution < 1.29 is 4.79 Å². The molecule has 4 rings (SSSR count). The summed E-state index contributed by atoms with van der Waals surface area (Å²) in [5, 5.41) is 4.38. The molecular formula is C19H14N6O. The first-order chi connectivity index (χ1) is 12.7. The van der Waals surface area contributed by atoms with E-state index in [-0.39, 0.29) is 5.69 Å². The van der Waals surface area contributed by atoms with Crippen molar-refractivity contribution in [3.05, 3.63) is 79.1 Å². The van der Waals surface area contributed by atoms with Crippen molar-refractivity contribution in [2.75, 3.05) is 0 Å². The minimum atomic E-state index is -0.573. The van der Waals surface area contributed by atoms with Crippen molar-refractivity contribution in [3.8, 4) is 28.2 Å². The third-order valence-corrected chi connectivity index (χ3v) is 3.88. The molecule has 4 aromatic rings. The van der Waals surface area contributed by atoms with Crippen LogP contribution in [0.2, 0.25) is 0 Å². The van der Waals surface area contributed by atoms with E-state index in [1.807, 2.05) is 42.6 Å². The molecule has 4 heterocycles. The quantitative estimate of drug-likeness (QED) is 0.614. The Morgan fingerprint density at radius 2 is 1.81 bits per heavy atom. The second kappa shape index (κ2) is 6.56. The van der Waals surface area contributed by atoms with Crippen LogP contribution in [-0.2, 0) is 0 Å². The van der Waals surface area contributed by atoms with Crippen LogP contribution in [0.15, 0.2) is 73.4 Å². The highest BCUT2D eigenvalue weighted by Crippen LogP contribution is 2.30. The van der Waals surface area contributed by atoms with E-state index in [4.69, 9.17) is 5.73 Å². The van der Waals surface area contributed by atoms with Crippen LogP contribution in [0.1, 0.15) is 10.5 Å². The van der Waals surface area contributed by atoms with Crippen molar-refractivity contribution in [1.82, 2.24) is 24.7 Å². The lowest BCUT2D eigenvalue weighted by atomic mass is 10.0. The van der Waals surface area contributed by atoms with Gasteiger partial charge in [-0.2, -0.15) is 5.10 Å². The molecule has 0 spiro atoms. The molecule has 0 aliphatic heterocycles.